The summed E-state index contributed by atoms with van der Waals surface area (Å²) in [5.41, 5.74) is 3.07. The number of sulfonamides is 1. The average Bonchev–Trinajstić information content (AvgIpc) is 3.20. The van der Waals surface area contributed by atoms with Crippen molar-refractivity contribution in [2.75, 3.05) is 39.8 Å². The number of nitriles is 1. The molecule has 10 nitrogen and oxygen atoms in total. The molecule has 3 aromatic rings. The number of benzene rings is 1. The van der Waals surface area contributed by atoms with Gasteiger partial charge in [-0.1, -0.05) is 12.1 Å². The zero-order chi connectivity index (χ0) is 24.6. The van der Waals surface area contributed by atoms with Crippen molar-refractivity contribution in [2.24, 2.45) is 0 Å². The van der Waals surface area contributed by atoms with Crippen LogP contribution in [0.4, 0.5) is 0 Å². The van der Waals surface area contributed by atoms with Crippen LogP contribution in [0.5, 0.6) is 0 Å². The summed E-state index contributed by atoms with van der Waals surface area (Å²) >= 11 is 0. The maximum Gasteiger partial charge on any atom is 0.276 e. The summed E-state index contributed by atoms with van der Waals surface area (Å²) in [5, 5.41) is 12.3. The number of aromatic nitrogens is 3. The molecule has 1 aromatic carbocycles. The van der Waals surface area contributed by atoms with E-state index < -0.39 is 10.0 Å². The molecule has 1 N–H and O–H groups in total. The summed E-state index contributed by atoms with van der Waals surface area (Å²) in [6.45, 7) is 4.25. The molecule has 2 aromatic heterocycles. The van der Waals surface area contributed by atoms with E-state index in [1.54, 1.807) is 12.1 Å². The molecule has 0 bridgehead atoms. The summed E-state index contributed by atoms with van der Waals surface area (Å²) in [6.07, 6.45) is 1.93. The second-order valence-corrected chi connectivity index (χ2v) is 11.0. The van der Waals surface area contributed by atoms with Gasteiger partial charge in [0.15, 0.2) is 5.82 Å². The molecule has 182 valence electrons. The summed E-state index contributed by atoms with van der Waals surface area (Å²) in [7, 11) is -1.65. The molecule has 0 saturated carbocycles. The van der Waals surface area contributed by atoms with E-state index in [1.165, 1.54) is 21.3 Å². The highest BCUT2D eigenvalue weighted by molar-refractivity contribution is 7.89. The predicted molar refractivity (Wildman–Crippen MR) is 129 cm³/mol. The first-order valence-corrected chi connectivity index (χ1v) is 13.0. The second-order valence-electron chi connectivity index (χ2n) is 9.04. The van der Waals surface area contributed by atoms with Gasteiger partial charge in [-0.3, -0.25) is 14.8 Å². The van der Waals surface area contributed by atoms with E-state index >= 15 is 0 Å². The van der Waals surface area contributed by atoms with Gasteiger partial charge in [-0.2, -0.15) is 9.57 Å². The van der Waals surface area contributed by atoms with E-state index in [2.05, 4.69) is 26.0 Å². The third-order valence-corrected chi connectivity index (χ3v) is 8.53. The lowest BCUT2D eigenvalue weighted by Gasteiger charge is -2.31. The van der Waals surface area contributed by atoms with E-state index in [4.69, 9.17) is 5.26 Å². The number of nitrogens with one attached hydrogen (secondary N) is 1. The van der Waals surface area contributed by atoms with Crippen LogP contribution in [-0.4, -0.2) is 77.1 Å². The number of hydrogen-bond acceptors (Lipinski definition) is 7. The fourth-order valence-corrected chi connectivity index (χ4v) is 5.98. The molecule has 0 aliphatic carbocycles. The molecule has 2 aliphatic rings. The first-order valence-electron chi connectivity index (χ1n) is 11.5. The molecular formula is C24H27N7O3S. The molecule has 0 radical (unpaired) electrons. The number of fused-ring (bicyclic) bond motifs is 1. The van der Waals surface area contributed by atoms with Gasteiger partial charge in [0.05, 0.1) is 17.3 Å². The molecule has 35 heavy (non-hydrogen) atoms. The minimum atomic E-state index is -3.62. The van der Waals surface area contributed by atoms with Gasteiger partial charge in [-0.05, 0) is 43.3 Å². The van der Waals surface area contributed by atoms with Gasteiger partial charge in [-0.25, -0.2) is 18.1 Å². The first kappa shape index (κ1) is 23.4. The van der Waals surface area contributed by atoms with Crippen LogP contribution in [0.25, 0.3) is 5.82 Å². The zero-order valence-electron chi connectivity index (χ0n) is 19.5. The molecule has 0 spiro atoms. The van der Waals surface area contributed by atoms with Crippen LogP contribution in [0.3, 0.4) is 0 Å². The number of rotatable bonds is 5. The normalized spacial score (nSPS) is 17.7. The van der Waals surface area contributed by atoms with E-state index in [1.807, 2.05) is 25.2 Å². The summed E-state index contributed by atoms with van der Waals surface area (Å²) < 4.78 is 28.8. The molecule has 11 heteroatoms. The Balaban J connectivity index is 1.33. The zero-order valence-corrected chi connectivity index (χ0v) is 20.3. The van der Waals surface area contributed by atoms with Crippen molar-refractivity contribution in [1.82, 2.24) is 28.9 Å². The van der Waals surface area contributed by atoms with Gasteiger partial charge < -0.3 is 4.90 Å². The monoisotopic (exact) mass is 493 g/mol. The number of aromatic amines is 1. The molecular weight excluding hydrogens is 466 g/mol. The van der Waals surface area contributed by atoms with Gasteiger partial charge in [-0.15, -0.1) is 0 Å². The van der Waals surface area contributed by atoms with Gasteiger partial charge in [0.1, 0.15) is 4.90 Å². The molecule has 0 atom stereocenters. The van der Waals surface area contributed by atoms with Crippen molar-refractivity contribution in [2.45, 2.75) is 24.4 Å². The fraction of sp³-hybridized carbons (Fsp3) is 0.375. The predicted octanol–water partition coefficient (Wildman–Crippen LogP) is 0.927. The van der Waals surface area contributed by atoms with Gasteiger partial charge in [0, 0.05) is 57.6 Å². The third-order valence-electron chi connectivity index (χ3n) is 6.64. The maximum absolute atomic E-state index is 13.0. The molecule has 1 saturated heterocycles. The second kappa shape index (κ2) is 9.39. The van der Waals surface area contributed by atoms with E-state index in [9.17, 15) is 13.2 Å². The lowest BCUT2D eigenvalue weighted by Crippen LogP contribution is -2.47. The lowest BCUT2D eigenvalue weighted by atomic mass is 10.1. The maximum atomic E-state index is 13.0. The van der Waals surface area contributed by atoms with Crippen LogP contribution in [0.15, 0.2) is 52.3 Å². The van der Waals surface area contributed by atoms with Crippen LogP contribution >= 0.6 is 0 Å². The van der Waals surface area contributed by atoms with E-state index in [0.717, 1.165) is 23.4 Å². The van der Waals surface area contributed by atoms with Crippen molar-refractivity contribution in [1.29, 1.82) is 5.26 Å². The Morgan fingerprint density at radius 3 is 2.63 bits per heavy atom. The minimum Gasteiger partial charge on any atom is -0.304 e. The SMILES string of the molecule is CN1CCN(S(=O)(=O)c2ccc(-n3[nH]c4c(c3=O)CCN(Cc3cccc(C#N)c3)C4)nc2)CC1. The molecule has 5 rings (SSSR count). The van der Waals surface area contributed by atoms with Crippen LogP contribution in [0.1, 0.15) is 22.4 Å². The highest BCUT2D eigenvalue weighted by atomic mass is 32.2. The van der Waals surface area contributed by atoms with Crippen LogP contribution in [0.2, 0.25) is 0 Å². The highest BCUT2D eigenvalue weighted by Crippen LogP contribution is 2.20. The number of likely N-dealkylation sites (N-methyl/N-ethyl adjacent to an activating group) is 1. The number of H-pyrrole nitrogens is 1. The minimum absolute atomic E-state index is 0.126. The van der Waals surface area contributed by atoms with Crippen molar-refractivity contribution >= 4 is 10.0 Å². The molecule has 0 unspecified atom stereocenters. The van der Waals surface area contributed by atoms with Crippen molar-refractivity contribution in [3.63, 3.8) is 0 Å². The molecule has 1 fully saturated rings. The largest absolute Gasteiger partial charge is 0.304 e. The number of hydrogen-bond donors (Lipinski definition) is 1. The van der Waals surface area contributed by atoms with E-state index in [0.29, 0.717) is 57.1 Å². The number of piperazine rings is 1. The molecule has 2 aliphatic heterocycles. The van der Waals surface area contributed by atoms with E-state index in [-0.39, 0.29) is 10.5 Å². The van der Waals surface area contributed by atoms with Crippen LogP contribution < -0.4 is 5.56 Å². The Labute approximate surface area is 204 Å². The standard InChI is InChI=1S/C24H27N7O3S/c1-28-9-11-30(12-10-28)35(33,34)20-5-6-23(26-15-20)31-24(32)21-7-8-29(17-22(21)27-31)16-19-4-2-3-18(13-19)14-25/h2-6,13,15,27H,7-12,16-17H2,1H3. The quantitative estimate of drug-likeness (QED) is 0.562. The first-order chi connectivity index (χ1) is 16.8. The third kappa shape index (κ3) is 4.66. The summed E-state index contributed by atoms with van der Waals surface area (Å²) in [5.74, 6) is 0.356. The smallest absolute Gasteiger partial charge is 0.276 e. The van der Waals surface area contributed by atoms with Crippen molar-refractivity contribution < 1.29 is 8.42 Å². The molecule has 0 amide bonds. The van der Waals surface area contributed by atoms with Crippen LogP contribution in [-0.2, 0) is 29.5 Å². The fourth-order valence-electron chi connectivity index (χ4n) is 4.61. The van der Waals surface area contributed by atoms with Crippen molar-refractivity contribution in [3.05, 3.63) is 75.3 Å². The summed E-state index contributed by atoms with van der Waals surface area (Å²) in [6, 6.07) is 12.8. The number of nitrogens with zero attached hydrogens (tertiary/aromatic N) is 6. The van der Waals surface area contributed by atoms with Gasteiger partial charge >= 0.3 is 0 Å². The number of pyridine rings is 1. The topological polar surface area (TPSA) is 118 Å². The Morgan fingerprint density at radius 2 is 1.91 bits per heavy atom. The Hall–Kier alpha value is -3.30. The van der Waals surface area contributed by atoms with Crippen LogP contribution in [0, 0.1) is 11.3 Å². The summed E-state index contributed by atoms with van der Waals surface area (Å²) in [4.78, 5) is 21.8. The Bertz CT molecular complexity index is 1430. The average molecular weight is 494 g/mol. The van der Waals surface area contributed by atoms with Crippen molar-refractivity contribution in [3.8, 4) is 11.9 Å². The van der Waals surface area contributed by atoms with Gasteiger partial charge in [0.25, 0.3) is 5.56 Å². The lowest BCUT2D eigenvalue weighted by molar-refractivity contribution is 0.222. The highest BCUT2D eigenvalue weighted by Gasteiger charge is 2.28. The van der Waals surface area contributed by atoms with Gasteiger partial charge in [0.2, 0.25) is 10.0 Å². The Morgan fingerprint density at radius 1 is 1.11 bits per heavy atom. The molecule has 4 heterocycles. The Kier molecular flexibility index (Phi) is 6.29.